The van der Waals surface area contributed by atoms with Gasteiger partial charge in [-0.25, -0.2) is 4.79 Å². The molecular weight excluding hydrogens is 270 g/mol. The molecular formula is C15H17N3O3. The fraction of sp³-hybridized carbons (Fsp3) is 0.467. The van der Waals surface area contributed by atoms with Crippen molar-refractivity contribution < 1.29 is 14.7 Å². The van der Waals surface area contributed by atoms with E-state index < -0.39 is 6.09 Å². The number of carbonyl (C=O) groups excluding carboxylic acids is 1. The number of amides is 2. The summed E-state index contributed by atoms with van der Waals surface area (Å²) in [4.78, 5) is 26.9. The van der Waals surface area contributed by atoms with Crippen LogP contribution in [0, 0.1) is 0 Å². The number of nitrogens with one attached hydrogen (secondary N) is 1. The van der Waals surface area contributed by atoms with Crippen LogP contribution in [0.4, 0.5) is 16.2 Å². The monoisotopic (exact) mass is 287 g/mol. The maximum Gasteiger partial charge on any atom is 0.407 e. The number of benzene rings is 1. The van der Waals surface area contributed by atoms with Crippen molar-refractivity contribution in [1.82, 2.24) is 4.90 Å². The normalized spacial score (nSPS) is 26.8. The fourth-order valence-corrected chi connectivity index (χ4v) is 3.95. The number of rotatable bonds is 0. The molecule has 110 valence electrons. The first kappa shape index (κ1) is 12.5. The highest BCUT2D eigenvalue weighted by atomic mass is 16.4. The quantitative estimate of drug-likeness (QED) is 0.761. The van der Waals surface area contributed by atoms with Gasteiger partial charge in [0.05, 0.1) is 11.4 Å². The van der Waals surface area contributed by atoms with Crippen LogP contribution < -0.4 is 10.2 Å². The molecule has 1 aromatic rings. The van der Waals surface area contributed by atoms with Gasteiger partial charge in [-0.15, -0.1) is 0 Å². The Hall–Kier alpha value is -2.24. The van der Waals surface area contributed by atoms with E-state index in [0.717, 1.165) is 17.8 Å². The molecule has 2 amide bonds. The van der Waals surface area contributed by atoms with Crippen molar-refractivity contribution in [1.29, 1.82) is 0 Å². The number of fused-ring (bicyclic) bond motifs is 3. The molecule has 4 rings (SSSR count). The van der Waals surface area contributed by atoms with E-state index in [1.807, 2.05) is 12.1 Å². The number of anilines is 2. The average molecular weight is 287 g/mol. The standard InChI is InChI=1S/C15H17N3O3/c19-13-5-7-18-12-4-6-17(15(20)21)8-10(12)9-2-1-3-11(16-13)14(9)18/h1-3,10,12H,4-8H2,(H,16,19)(H,20,21)/t10-,12-/m0/s1. The predicted octanol–water partition coefficient (Wildman–Crippen LogP) is 1.68. The number of hydrogen-bond acceptors (Lipinski definition) is 3. The summed E-state index contributed by atoms with van der Waals surface area (Å²) in [6.07, 6.45) is 0.462. The van der Waals surface area contributed by atoms with Crippen LogP contribution in [0.25, 0.3) is 0 Å². The van der Waals surface area contributed by atoms with Gasteiger partial charge in [-0.05, 0) is 18.1 Å². The minimum atomic E-state index is -0.843. The van der Waals surface area contributed by atoms with Crippen molar-refractivity contribution in [2.24, 2.45) is 0 Å². The van der Waals surface area contributed by atoms with E-state index in [4.69, 9.17) is 0 Å². The molecule has 6 heteroatoms. The number of para-hydroxylation sites is 1. The Morgan fingerprint density at radius 2 is 2.19 bits per heavy atom. The van der Waals surface area contributed by atoms with Crippen molar-refractivity contribution in [2.45, 2.75) is 24.8 Å². The number of carbonyl (C=O) groups is 2. The fourth-order valence-electron chi connectivity index (χ4n) is 3.95. The third kappa shape index (κ3) is 1.78. The predicted molar refractivity (Wildman–Crippen MR) is 77.8 cm³/mol. The zero-order valence-electron chi connectivity index (χ0n) is 11.6. The van der Waals surface area contributed by atoms with Gasteiger partial charge in [0.2, 0.25) is 5.91 Å². The molecule has 3 aliphatic heterocycles. The lowest BCUT2D eigenvalue weighted by Gasteiger charge is -2.37. The summed E-state index contributed by atoms with van der Waals surface area (Å²) in [5.74, 6) is 0.261. The molecule has 3 heterocycles. The second-order valence-corrected chi connectivity index (χ2v) is 5.93. The number of hydrogen-bond donors (Lipinski definition) is 2. The first-order chi connectivity index (χ1) is 10.1. The number of nitrogens with zero attached hydrogens (tertiary/aromatic N) is 2. The van der Waals surface area contributed by atoms with Crippen LogP contribution >= 0.6 is 0 Å². The van der Waals surface area contributed by atoms with Crippen LogP contribution in [0.2, 0.25) is 0 Å². The van der Waals surface area contributed by atoms with E-state index in [0.29, 0.717) is 32.1 Å². The zero-order valence-corrected chi connectivity index (χ0v) is 11.6. The van der Waals surface area contributed by atoms with Gasteiger partial charge < -0.3 is 20.2 Å². The van der Waals surface area contributed by atoms with Gasteiger partial charge in [0.25, 0.3) is 0 Å². The van der Waals surface area contributed by atoms with E-state index in [-0.39, 0.29) is 11.8 Å². The van der Waals surface area contributed by atoms with Crippen molar-refractivity contribution in [3.8, 4) is 0 Å². The van der Waals surface area contributed by atoms with E-state index in [1.165, 1.54) is 10.5 Å². The number of carboxylic acid groups (broad SMARTS) is 1. The van der Waals surface area contributed by atoms with Crippen molar-refractivity contribution in [3.63, 3.8) is 0 Å². The molecule has 0 aromatic heterocycles. The first-order valence-corrected chi connectivity index (χ1v) is 7.32. The lowest BCUT2D eigenvalue weighted by Crippen LogP contribution is -2.48. The molecule has 3 aliphatic rings. The minimum absolute atomic E-state index is 0.0531. The lowest BCUT2D eigenvalue weighted by molar-refractivity contribution is -0.116. The van der Waals surface area contributed by atoms with Crippen LogP contribution in [0.1, 0.15) is 24.3 Å². The molecule has 0 aliphatic carbocycles. The van der Waals surface area contributed by atoms with Gasteiger partial charge >= 0.3 is 6.09 Å². The van der Waals surface area contributed by atoms with Crippen LogP contribution in [0.15, 0.2) is 18.2 Å². The summed E-state index contributed by atoms with van der Waals surface area (Å²) in [6.45, 7) is 1.82. The van der Waals surface area contributed by atoms with Crippen LogP contribution in [0.5, 0.6) is 0 Å². The van der Waals surface area contributed by atoms with E-state index in [1.54, 1.807) is 0 Å². The van der Waals surface area contributed by atoms with E-state index >= 15 is 0 Å². The van der Waals surface area contributed by atoms with Crippen LogP contribution in [0.3, 0.4) is 0 Å². The van der Waals surface area contributed by atoms with Gasteiger partial charge in [0, 0.05) is 38.0 Å². The molecule has 6 nitrogen and oxygen atoms in total. The molecule has 2 atom stereocenters. The second kappa shape index (κ2) is 4.38. The average Bonchev–Trinajstić information content (AvgIpc) is 2.68. The molecule has 0 spiro atoms. The third-order valence-electron chi connectivity index (χ3n) is 4.85. The highest BCUT2D eigenvalue weighted by Crippen LogP contribution is 2.49. The Morgan fingerprint density at radius 1 is 1.33 bits per heavy atom. The Kier molecular flexibility index (Phi) is 2.60. The van der Waals surface area contributed by atoms with Gasteiger partial charge in [0.1, 0.15) is 0 Å². The van der Waals surface area contributed by atoms with Crippen molar-refractivity contribution in [3.05, 3.63) is 23.8 Å². The highest BCUT2D eigenvalue weighted by Gasteiger charge is 2.44. The maximum absolute atomic E-state index is 11.8. The van der Waals surface area contributed by atoms with Gasteiger partial charge in [-0.2, -0.15) is 0 Å². The Bertz CT molecular complexity index is 631. The third-order valence-corrected chi connectivity index (χ3v) is 4.85. The maximum atomic E-state index is 11.8. The van der Waals surface area contributed by atoms with E-state index in [9.17, 15) is 14.7 Å². The van der Waals surface area contributed by atoms with Crippen molar-refractivity contribution >= 4 is 23.4 Å². The first-order valence-electron chi connectivity index (χ1n) is 7.32. The Labute approximate surface area is 122 Å². The SMILES string of the molecule is O=C1CCN2c3c(cccc3[C@@H]3CN(C(=O)O)CC[C@@H]32)N1. The molecule has 1 saturated heterocycles. The summed E-state index contributed by atoms with van der Waals surface area (Å²) in [5, 5.41) is 12.2. The molecule has 2 N–H and O–H groups in total. The highest BCUT2D eigenvalue weighted by molar-refractivity contribution is 5.98. The minimum Gasteiger partial charge on any atom is -0.465 e. The smallest absolute Gasteiger partial charge is 0.407 e. The van der Waals surface area contributed by atoms with E-state index in [2.05, 4.69) is 16.3 Å². The molecule has 1 fully saturated rings. The zero-order chi connectivity index (χ0) is 14.6. The summed E-state index contributed by atoms with van der Waals surface area (Å²) in [6, 6.07) is 6.25. The van der Waals surface area contributed by atoms with Crippen LogP contribution in [-0.2, 0) is 4.79 Å². The molecule has 0 bridgehead atoms. The summed E-state index contributed by atoms with van der Waals surface area (Å²) >= 11 is 0. The Balaban J connectivity index is 1.78. The molecule has 0 radical (unpaired) electrons. The van der Waals surface area contributed by atoms with Gasteiger partial charge in [-0.1, -0.05) is 12.1 Å². The van der Waals surface area contributed by atoms with Crippen LogP contribution in [-0.4, -0.2) is 47.7 Å². The summed E-state index contributed by atoms with van der Waals surface area (Å²) in [7, 11) is 0. The molecule has 0 saturated carbocycles. The lowest BCUT2D eigenvalue weighted by atomic mass is 9.89. The topological polar surface area (TPSA) is 72.9 Å². The molecule has 21 heavy (non-hydrogen) atoms. The summed E-state index contributed by atoms with van der Waals surface area (Å²) in [5.41, 5.74) is 3.14. The molecule has 1 aromatic carbocycles. The summed E-state index contributed by atoms with van der Waals surface area (Å²) < 4.78 is 0. The molecule has 0 unspecified atom stereocenters. The number of piperidine rings is 1. The van der Waals surface area contributed by atoms with Gasteiger partial charge in [0.15, 0.2) is 0 Å². The Morgan fingerprint density at radius 3 is 3.00 bits per heavy atom. The largest absolute Gasteiger partial charge is 0.465 e. The van der Waals surface area contributed by atoms with Crippen molar-refractivity contribution in [2.75, 3.05) is 29.9 Å². The second-order valence-electron chi connectivity index (χ2n) is 5.93. The van der Waals surface area contributed by atoms with Gasteiger partial charge in [-0.3, -0.25) is 4.79 Å². The number of likely N-dealkylation sites (tertiary alicyclic amines) is 1.